The molecule has 0 spiro atoms. The molecule has 0 aliphatic carbocycles. The Hall–Kier alpha value is -2.62. The number of anilines is 1. The average molecular weight is 336 g/mol. The highest BCUT2D eigenvalue weighted by molar-refractivity contribution is 6.40. The quantitative estimate of drug-likeness (QED) is 0.805. The molecule has 2 aromatic carbocycles. The van der Waals surface area contributed by atoms with Crippen LogP contribution < -0.4 is 4.90 Å². The van der Waals surface area contributed by atoms with E-state index in [1.165, 1.54) is 0 Å². The summed E-state index contributed by atoms with van der Waals surface area (Å²) in [5, 5.41) is 0. The van der Waals surface area contributed by atoms with Crippen molar-refractivity contribution in [3.05, 3.63) is 66.2 Å². The lowest BCUT2D eigenvalue weighted by Crippen LogP contribution is -2.48. The molecule has 2 aromatic rings. The smallest absolute Gasteiger partial charge is 0.316 e. The first-order valence-corrected chi connectivity index (χ1v) is 8.85. The van der Waals surface area contributed by atoms with Gasteiger partial charge in [0.25, 0.3) is 0 Å². The number of piperidine rings is 1. The number of carbonyl (C=O) groups excluding carboxylic acids is 2. The van der Waals surface area contributed by atoms with Crippen molar-refractivity contribution in [3.8, 4) is 0 Å². The largest absolute Gasteiger partial charge is 0.334 e. The molecule has 0 N–H and O–H groups in total. The minimum atomic E-state index is -0.454. The third kappa shape index (κ3) is 4.27. The summed E-state index contributed by atoms with van der Waals surface area (Å²) >= 11 is 0. The van der Waals surface area contributed by atoms with Gasteiger partial charge in [0.1, 0.15) is 0 Å². The summed E-state index contributed by atoms with van der Waals surface area (Å²) in [5.41, 5.74) is 1.74. The van der Waals surface area contributed by atoms with Crippen molar-refractivity contribution < 1.29 is 9.59 Å². The van der Waals surface area contributed by atoms with E-state index >= 15 is 0 Å². The lowest BCUT2D eigenvalue weighted by Gasteiger charge is -2.32. The number of carbonyl (C=O) groups is 2. The van der Waals surface area contributed by atoms with Crippen LogP contribution in [0.5, 0.6) is 0 Å². The van der Waals surface area contributed by atoms with E-state index in [4.69, 9.17) is 0 Å². The monoisotopic (exact) mass is 336 g/mol. The lowest BCUT2D eigenvalue weighted by atomic mass is 10.0. The van der Waals surface area contributed by atoms with Gasteiger partial charge in [0.05, 0.1) is 6.54 Å². The van der Waals surface area contributed by atoms with E-state index < -0.39 is 11.8 Å². The Morgan fingerprint density at radius 1 is 1.04 bits per heavy atom. The van der Waals surface area contributed by atoms with Gasteiger partial charge < -0.3 is 4.90 Å². The Bertz CT molecular complexity index is 715. The van der Waals surface area contributed by atoms with Crippen molar-refractivity contribution >= 4 is 17.5 Å². The molecule has 4 nitrogen and oxygen atoms in total. The summed E-state index contributed by atoms with van der Waals surface area (Å²) in [4.78, 5) is 29.1. The maximum Gasteiger partial charge on any atom is 0.316 e. The van der Waals surface area contributed by atoms with Crippen molar-refractivity contribution in [2.24, 2.45) is 5.92 Å². The highest BCUT2D eigenvalue weighted by Gasteiger charge is 2.30. The topological polar surface area (TPSA) is 40.6 Å². The molecular formula is C21H24N2O2. The van der Waals surface area contributed by atoms with Crippen LogP contribution in [0.25, 0.3) is 0 Å². The Balaban J connectivity index is 1.83. The van der Waals surface area contributed by atoms with Crippen LogP contribution in [0.1, 0.15) is 25.3 Å². The van der Waals surface area contributed by atoms with Gasteiger partial charge >= 0.3 is 11.8 Å². The van der Waals surface area contributed by atoms with Crippen LogP contribution in [0, 0.1) is 5.92 Å². The number of hydrogen-bond donors (Lipinski definition) is 0. The highest BCUT2D eigenvalue weighted by Crippen LogP contribution is 2.20. The Morgan fingerprint density at radius 2 is 1.68 bits per heavy atom. The molecular weight excluding hydrogens is 312 g/mol. The van der Waals surface area contributed by atoms with Gasteiger partial charge in [-0.25, -0.2) is 0 Å². The average Bonchev–Trinajstić information content (AvgIpc) is 2.66. The van der Waals surface area contributed by atoms with Crippen molar-refractivity contribution in [3.63, 3.8) is 0 Å². The number of likely N-dealkylation sites (tertiary alicyclic amines) is 1. The van der Waals surface area contributed by atoms with Crippen LogP contribution in [0.15, 0.2) is 60.7 Å². The second kappa shape index (κ2) is 7.97. The zero-order chi connectivity index (χ0) is 17.6. The van der Waals surface area contributed by atoms with Crippen molar-refractivity contribution in [2.45, 2.75) is 26.3 Å². The molecule has 25 heavy (non-hydrogen) atoms. The molecule has 1 aliphatic heterocycles. The number of amides is 2. The maximum atomic E-state index is 13.0. The SMILES string of the molecule is CC1CCCN(C(=O)C(=O)N(Cc2ccccc2)c2ccccc2)C1. The summed E-state index contributed by atoms with van der Waals surface area (Å²) < 4.78 is 0. The fourth-order valence-corrected chi connectivity index (χ4v) is 3.28. The van der Waals surface area contributed by atoms with Crippen LogP contribution in [-0.2, 0) is 16.1 Å². The minimum absolute atomic E-state index is 0.388. The van der Waals surface area contributed by atoms with Crippen molar-refractivity contribution in [1.82, 2.24) is 4.90 Å². The van der Waals surface area contributed by atoms with Crippen LogP contribution in [0.4, 0.5) is 5.69 Å². The zero-order valence-electron chi connectivity index (χ0n) is 14.6. The second-order valence-electron chi connectivity index (χ2n) is 6.71. The molecule has 0 saturated carbocycles. The number of benzene rings is 2. The van der Waals surface area contributed by atoms with Gasteiger partial charge in [-0.15, -0.1) is 0 Å². The summed E-state index contributed by atoms with van der Waals surface area (Å²) in [6, 6.07) is 19.2. The first-order valence-electron chi connectivity index (χ1n) is 8.85. The molecule has 0 aromatic heterocycles. The second-order valence-corrected chi connectivity index (χ2v) is 6.71. The summed E-state index contributed by atoms with van der Waals surface area (Å²) in [7, 11) is 0. The fourth-order valence-electron chi connectivity index (χ4n) is 3.28. The Kier molecular flexibility index (Phi) is 5.49. The number of nitrogens with zero attached hydrogens (tertiary/aromatic N) is 2. The molecule has 1 aliphatic rings. The molecule has 0 bridgehead atoms. The van der Waals surface area contributed by atoms with Gasteiger partial charge in [-0.05, 0) is 36.5 Å². The first-order chi connectivity index (χ1) is 12.1. The fraction of sp³-hybridized carbons (Fsp3) is 0.333. The molecule has 1 fully saturated rings. The summed E-state index contributed by atoms with van der Waals surface area (Å²) in [6.45, 7) is 3.85. The third-order valence-electron chi connectivity index (χ3n) is 4.62. The Labute approximate surface area is 149 Å². The van der Waals surface area contributed by atoms with Crippen LogP contribution in [0.2, 0.25) is 0 Å². The number of hydrogen-bond acceptors (Lipinski definition) is 2. The molecule has 1 atom stereocenters. The predicted molar refractivity (Wildman–Crippen MR) is 99.1 cm³/mol. The van der Waals surface area contributed by atoms with Crippen LogP contribution >= 0.6 is 0 Å². The van der Waals surface area contributed by atoms with E-state index in [9.17, 15) is 9.59 Å². The predicted octanol–water partition coefficient (Wildman–Crippen LogP) is 3.48. The van der Waals surface area contributed by atoms with E-state index in [1.807, 2.05) is 60.7 Å². The van der Waals surface area contributed by atoms with E-state index in [2.05, 4.69) is 6.92 Å². The molecule has 1 heterocycles. The molecule has 0 radical (unpaired) electrons. The third-order valence-corrected chi connectivity index (χ3v) is 4.62. The Morgan fingerprint density at radius 3 is 2.32 bits per heavy atom. The number of para-hydroxylation sites is 1. The maximum absolute atomic E-state index is 13.0. The van der Waals surface area contributed by atoms with Gasteiger partial charge in [-0.3, -0.25) is 14.5 Å². The van der Waals surface area contributed by atoms with Crippen molar-refractivity contribution in [1.29, 1.82) is 0 Å². The highest BCUT2D eigenvalue weighted by atomic mass is 16.2. The van der Waals surface area contributed by atoms with E-state index in [0.29, 0.717) is 25.6 Å². The van der Waals surface area contributed by atoms with E-state index in [-0.39, 0.29) is 0 Å². The van der Waals surface area contributed by atoms with Gasteiger partial charge in [0, 0.05) is 18.8 Å². The molecule has 4 heteroatoms. The van der Waals surface area contributed by atoms with E-state index in [0.717, 1.165) is 24.1 Å². The van der Waals surface area contributed by atoms with Gasteiger partial charge in [-0.1, -0.05) is 55.5 Å². The summed E-state index contributed by atoms with van der Waals surface area (Å²) in [5.74, 6) is -0.403. The van der Waals surface area contributed by atoms with E-state index in [1.54, 1.807) is 9.80 Å². The lowest BCUT2D eigenvalue weighted by molar-refractivity contribution is -0.145. The molecule has 1 saturated heterocycles. The van der Waals surface area contributed by atoms with Crippen LogP contribution in [0.3, 0.4) is 0 Å². The van der Waals surface area contributed by atoms with Gasteiger partial charge in [0.15, 0.2) is 0 Å². The summed E-state index contributed by atoms with van der Waals surface area (Å²) in [6.07, 6.45) is 2.08. The molecule has 2 amide bonds. The normalized spacial score (nSPS) is 17.2. The molecule has 1 unspecified atom stereocenters. The zero-order valence-corrected chi connectivity index (χ0v) is 14.6. The minimum Gasteiger partial charge on any atom is -0.334 e. The molecule has 130 valence electrons. The van der Waals surface area contributed by atoms with Crippen molar-refractivity contribution in [2.75, 3.05) is 18.0 Å². The van der Waals surface area contributed by atoms with Gasteiger partial charge in [-0.2, -0.15) is 0 Å². The molecule has 3 rings (SSSR count). The number of rotatable bonds is 3. The van der Waals surface area contributed by atoms with Gasteiger partial charge in [0.2, 0.25) is 0 Å². The van der Waals surface area contributed by atoms with Crippen LogP contribution in [-0.4, -0.2) is 29.8 Å². The standard InChI is InChI=1S/C21H24N2O2/c1-17-9-8-14-22(15-17)20(24)21(25)23(19-12-6-3-7-13-19)16-18-10-4-2-5-11-18/h2-7,10-13,17H,8-9,14-16H2,1H3. The first kappa shape index (κ1) is 17.2.